The Balaban J connectivity index is 0.00000338. The van der Waals surface area contributed by atoms with E-state index < -0.39 is 0 Å². The predicted octanol–water partition coefficient (Wildman–Crippen LogP) is 3.73. The summed E-state index contributed by atoms with van der Waals surface area (Å²) >= 11 is 0. The summed E-state index contributed by atoms with van der Waals surface area (Å²) in [5, 5.41) is 5.82. The summed E-state index contributed by atoms with van der Waals surface area (Å²) in [6.45, 7) is 3.79. The fourth-order valence-corrected chi connectivity index (χ4v) is 2.11. The zero-order chi connectivity index (χ0) is 17.9. The lowest BCUT2D eigenvalue weighted by Gasteiger charge is -2.11. The molecule has 0 bridgehead atoms. The van der Waals surface area contributed by atoms with E-state index in [4.69, 9.17) is 9.47 Å². The lowest BCUT2D eigenvalue weighted by Crippen LogP contribution is -2.26. The van der Waals surface area contributed by atoms with E-state index in [0.29, 0.717) is 37.7 Å². The van der Waals surface area contributed by atoms with E-state index in [1.165, 1.54) is 0 Å². The van der Waals surface area contributed by atoms with Gasteiger partial charge in [0.25, 0.3) is 0 Å². The van der Waals surface area contributed by atoms with E-state index in [1.807, 2.05) is 43.4 Å². The third-order valence-electron chi connectivity index (χ3n) is 3.44. The lowest BCUT2D eigenvalue weighted by molar-refractivity contribution is -0.121. The van der Waals surface area contributed by atoms with Crippen LogP contribution in [0.1, 0.15) is 25.3 Å². The van der Waals surface area contributed by atoms with Crippen molar-refractivity contribution in [2.75, 3.05) is 20.2 Å². The quantitative estimate of drug-likeness (QED) is 0.618. The fraction of sp³-hybridized carbons (Fsp3) is 0.368. The second-order valence-electron chi connectivity index (χ2n) is 5.52. The SMILES string of the molecule is CCCOc1ccc(Oc2ncccc2CNC(=O)CCNC)cc1.Cl.Cl. The topological polar surface area (TPSA) is 72.5 Å². The summed E-state index contributed by atoms with van der Waals surface area (Å²) in [6, 6.07) is 11.1. The van der Waals surface area contributed by atoms with Crippen molar-refractivity contribution in [1.82, 2.24) is 15.6 Å². The van der Waals surface area contributed by atoms with Gasteiger partial charge in [0.05, 0.1) is 6.61 Å². The molecule has 0 aliphatic rings. The summed E-state index contributed by atoms with van der Waals surface area (Å²) in [7, 11) is 1.82. The molecule has 0 unspecified atom stereocenters. The van der Waals surface area contributed by atoms with Crippen LogP contribution in [0, 0.1) is 0 Å². The third kappa shape index (κ3) is 8.95. The Morgan fingerprint density at radius 3 is 2.48 bits per heavy atom. The van der Waals surface area contributed by atoms with E-state index in [-0.39, 0.29) is 30.7 Å². The maximum absolute atomic E-state index is 11.7. The first-order valence-electron chi connectivity index (χ1n) is 8.49. The maximum atomic E-state index is 11.7. The molecule has 1 aromatic carbocycles. The molecule has 0 atom stereocenters. The molecule has 0 saturated carbocycles. The monoisotopic (exact) mass is 415 g/mol. The number of carbonyl (C=O) groups is 1. The number of amides is 1. The molecular weight excluding hydrogens is 389 g/mol. The van der Waals surface area contributed by atoms with Crippen molar-refractivity contribution in [3.05, 3.63) is 48.2 Å². The summed E-state index contributed by atoms with van der Waals surface area (Å²) in [4.78, 5) is 16.0. The molecule has 27 heavy (non-hydrogen) atoms. The van der Waals surface area contributed by atoms with Crippen molar-refractivity contribution in [2.24, 2.45) is 0 Å². The van der Waals surface area contributed by atoms with Crippen LogP contribution >= 0.6 is 24.8 Å². The highest BCUT2D eigenvalue weighted by molar-refractivity contribution is 5.85. The first-order valence-corrected chi connectivity index (χ1v) is 8.49. The molecule has 0 fully saturated rings. The molecule has 1 amide bonds. The molecule has 0 aliphatic carbocycles. The number of nitrogens with one attached hydrogen (secondary N) is 2. The highest BCUT2D eigenvalue weighted by Crippen LogP contribution is 2.25. The van der Waals surface area contributed by atoms with Crippen LogP contribution in [0.3, 0.4) is 0 Å². The van der Waals surface area contributed by atoms with Gasteiger partial charge in [-0.2, -0.15) is 0 Å². The molecule has 6 nitrogen and oxygen atoms in total. The number of hydrogen-bond acceptors (Lipinski definition) is 5. The molecule has 150 valence electrons. The van der Waals surface area contributed by atoms with Crippen LogP contribution in [-0.4, -0.2) is 31.1 Å². The number of hydrogen-bond donors (Lipinski definition) is 2. The Morgan fingerprint density at radius 2 is 1.81 bits per heavy atom. The number of benzene rings is 1. The Kier molecular flexibility index (Phi) is 13.0. The summed E-state index contributed by atoms with van der Waals surface area (Å²) < 4.78 is 11.4. The summed E-state index contributed by atoms with van der Waals surface area (Å²) in [5.74, 6) is 1.96. The molecule has 0 spiro atoms. The molecule has 0 aliphatic heterocycles. The van der Waals surface area contributed by atoms with Gasteiger partial charge < -0.3 is 20.1 Å². The van der Waals surface area contributed by atoms with Crippen molar-refractivity contribution in [2.45, 2.75) is 26.3 Å². The van der Waals surface area contributed by atoms with E-state index in [9.17, 15) is 4.79 Å². The molecule has 0 radical (unpaired) electrons. The first-order chi connectivity index (χ1) is 12.2. The standard InChI is InChI=1S/C19H25N3O3.2ClH/c1-3-13-24-16-6-8-17(9-7-16)25-19-15(5-4-11-21-19)14-22-18(23)10-12-20-2;;/h4-9,11,20H,3,10,12-14H2,1-2H3,(H,22,23);2*1H. The number of carbonyl (C=O) groups excluding carboxylic acids is 1. The van der Waals surface area contributed by atoms with Gasteiger partial charge in [-0.25, -0.2) is 4.98 Å². The van der Waals surface area contributed by atoms with Crippen molar-refractivity contribution >= 4 is 30.7 Å². The first kappa shape index (κ1) is 25.0. The fourth-order valence-electron chi connectivity index (χ4n) is 2.11. The van der Waals surface area contributed by atoms with Crippen molar-refractivity contribution < 1.29 is 14.3 Å². The van der Waals surface area contributed by atoms with Crippen LogP contribution in [-0.2, 0) is 11.3 Å². The molecular formula is C19H27Cl2N3O3. The zero-order valence-electron chi connectivity index (χ0n) is 15.6. The normalized spacial score (nSPS) is 9.56. The maximum Gasteiger partial charge on any atom is 0.224 e. The number of halogens is 2. The number of rotatable bonds is 10. The van der Waals surface area contributed by atoms with E-state index in [0.717, 1.165) is 17.7 Å². The third-order valence-corrected chi connectivity index (χ3v) is 3.44. The van der Waals surface area contributed by atoms with Crippen molar-refractivity contribution in [3.8, 4) is 17.4 Å². The Morgan fingerprint density at radius 1 is 1.11 bits per heavy atom. The lowest BCUT2D eigenvalue weighted by atomic mass is 10.2. The van der Waals surface area contributed by atoms with Crippen LogP contribution in [0.4, 0.5) is 0 Å². The molecule has 2 rings (SSSR count). The smallest absolute Gasteiger partial charge is 0.224 e. The number of nitrogens with zero attached hydrogens (tertiary/aromatic N) is 1. The molecule has 2 N–H and O–H groups in total. The second-order valence-corrected chi connectivity index (χ2v) is 5.52. The number of ether oxygens (including phenoxy) is 2. The predicted molar refractivity (Wildman–Crippen MR) is 111 cm³/mol. The Bertz CT molecular complexity index is 670. The van der Waals surface area contributed by atoms with Crippen LogP contribution < -0.4 is 20.1 Å². The van der Waals surface area contributed by atoms with Gasteiger partial charge in [0, 0.05) is 31.3 Å². The highest BCUT2D eigenvalue weighted by atomic mass is 35.5. The van der Waals surface area contributed by atoms with Gasteiger partial charge >= 0.3 is 0 Å². The summed E-state index contributed by atoms with van der Waals surface area (Å²) in [6.07, 6.45) is 3.07. The molecule has 8 heteroatoms. The van der Waals surface area contributed by atoms with E-state index in [1.54, 1.807) is 6.20 Å². The summed E-state index contributed by atoms with van der Waals surface area (Å²) in [5.41, 5.74) is 0.826. The average Bonchev–Trinajstić information content (AvgIpc) is 2.65. The van der Waals surface area contributed by atoms with E-state index in [2.05, 4.69) is 22.5 Å². The number of pyridine rings is 1. The van der Waals surface area contributed by atoms with Gasteiger partial charge in [0.1, 0.15) is 11.5 Å². The minimum Gasteiger partial charge on any atom is -0.494 e. The second kappa shape index (κ2) is 14.1. The minimum atomic E-state index is -0.0124. The van der Waals surface area contributed by atoms with Crippen LogP contribution in [0.25, 0.3) is 0 Å². The van der Waals surface area contributed by atoms with Crippen LogP contribution in [0.5, 0.6) is 17.4 Å². The van der Waals surface area contributed by atoms with Gasteiger partial charge in [0.2, 0.25) is 11.8 Å². The number of aromatic nitrogens is 1. The van der Waals surface area contributed by atoms with Crippen LogP contribution in [0.2, 0.25) is 0 Å². The van der Waals surface area contributed by atoms with Crippen molar-refractivity contribution in [3.63, 3.8) is 0 Å². The zero-order valence-corrected chi connectivity index (χ0v) is 17.2. The molecule has 1 heterocycles. The minimum absolute atomic E-state index is 0. The van der Waals surface area contributed by atoms with Gasteiger partial charge in [-0.15, -0.1) is 24.8 Å². The van der Waals surface area contributed by atoms with Crippen LogP contribution in [0.15, 0.2) is 42.6 Å². The molecule has 2 aromatic rings. The van der Waals surface area contributed by atoms with Gasteiger partial charge in [-0.05, 0) is 43.8 Å². The van der Waals surface area contributed by atoms with Gasteiger partial charge in [0.15, 0.2) is 0 Å². The average molecular weight is 416 g/mol. The molecule has 1 aromatic heterocycles. The van der Waals surface area contributed by atoms with Gasteiger partial charge in [-0.1, -0.05) is 13.0 Å². The Labute approximate surface area is 172 Å². The van der Waals surface area contributed by atoms with Crippen molar-refractivity contribution in [1.29, 1.82) is 0 Å². The molecule has 0 saturated heterocycles. The van der Waals surface area contributed by atoms with Gasteiger partial charge in [-0.3, -0.25) is 4.79 Å². The largest absolute Gasteiger partial charge is 0.494 e. The van der Waals surface area contributed by atoms with E-state index >= 15 is 0 Å². The Hall–Kier alpha value is -2.02. The highest BCUT2D eigenvalue weighted by Gasteiger charge is 2.08.